The highest BCUT2D eigenvalue weighted by molar-refractivity contribution is 5.11. The predicted molar refractivity (Wildman–Crippen MR) is 83.6 cm³/mol. The molecule has 4 heteroatoms. The summed E-state index contributed by atoms with van der Waals surface area (Å²) < 4.78 is 0. The Labute approximate surface area is 123 Å². The largest absolute Gasteiger partial charge is 0.311 e. The van der Waals surface area contributed by atoms with Gasteiger partial charge < -0.3 is 5.32 Å². The number of piperazine rings is 1. The lowest BCUT2D eigenvalue weighted by Gasteiger charge is -2.36. The molecule has 2 rings (SSSR count). The summed E-state index contributed by atoms with van der Waals surface area (Å²) in [5.74, 6) is 0. The Bertz CT molecular complexity index is 397. The maximum absolute atomic E-state index is 4.74. The normalized spacial score (nSPS) is 17.8. The van der Waals surface area contributed by atoms with Crippen molar-refractivity contribution >= 4 is 0 Å². The van der Waals surface area contributed by atoms with Crippen LogP contribution in [-0.2, 0) is 13.1 Å². The van der Waals surface area contributed by atoms with Crippen LogP contribution in [0.2, 0.25) is 0 Å². The van der Waals surface area contributed by atoms with E-state index in [2.05, 4.69) is 54.1 Å². The second kappa shape index (κ2) is 7.72. The first-order chi connectivity index (χ1) is 9.69. The lowest BCUT2D eigenvalue weighted by atomic mass is 10.2. The Morgan fingerprint density at radius 3 is 2.50 bits per heavy atom. The summed E-state index contributed by atoms with van der Waals surface area (Å²) >= 11 is 0. The smallest absolute Gasteiger partial charge is 0.0547 e. The zero-order chi connectivity index (χ0) is 14.4. The topological polar surface area (TPSA) is 31.4 Å². The summed E-state index contributed by atoms with van der Waals surface area (Å²) in [5.41, 5.74) is 2.34. The number of hydrogen-bond acceptors (Lipinski definition) is 4. The number of nitrogens with one attached hydrogen (secondary N) is 1. The van der Waals surface area contributed by atoms with Gasteiger partial charge in [0.05, 0.1) is 11.4 Å². The summed E-state index contributed by atoms with van der Waals surface area (Å²) in [7, 11) is 0. The molecule has 2 heterocycles. The molecule has 1 aliphatic rings. The Morgan fingerprint density at radius 2 is 1.85 bits per heavy atom. The lowest BCUT2D eigenvalue weighted by molar-refractivity contribution is 0.103. The molecule has 1 aromatic heterocycles. The van der Waals surface area contributed by atoms with Crippen molar-refractivity contribution < 1.29 is 0 Å². The van der Waals surface area contributed by atoms with Crippen molar-refractivity contribution in [1.29, 1.82) is 0 Å². The molecule has 0 radical (unpaired) electrons. The van der Waals surface area contributed by atoms with Crippen LogP contribution in [0.15, 0.2) is 18.2 Å². The van der Waals surface area contributed by atoms with Crippen molar-refractivity contribution in [1.82, 2.24) is 20.1 Å². The molecule has 1 aromatic rings. The van der Waals surface area contributed by atoms with Crippen molar-refractivity contribution in [2.75, 3.05) is 32.7 Å². The van der Waals surface area contributed by atoms with Gasteiger partial charge in [0, 0.05) is 45.3 Å². The Hall–Kier alpha value is -0.970. The van der Waals surface area contributed by atoms with E-state index in [0.29, 0.717) is 6.04 Å². The quantitative estimate of drug-likeness (QED) is 0.857. The van der Waals surface area contributed by atoms with Crippen molar-refractivity contribution in [3.63, 3.8) is 0 Å². The predicted octanol–water partition coefficient (Wildman–Crippen LogP) is 1.72. The molecule has 112 valence electrons. The van der Waals surface area contributed by atoms with Crippen LogP contribution in [0.4, 0.5) is 0 Å². The molecular weight excluding hydrogens is 248 g/mol. The van der Waals surface area contributed by atoms with Gasteiger partial charge in [-0.2, -0.15) is 0 Å². The maximum Gasteiger partial charge on any atom is 0.0547 e. The first-order valence-electron chi connectivity index (χ1n) is 7.81. The van der Waals surface area contributed by atoms with Crippen LogP contribution in [0, 0.1) is 0 Å². The number of pyridine rings is 1. The number of rotatable bonds is 6. The van der Waals surface area contributed by atoms with E-state index in [1.165, 1.54) is 18.8 Å². The highest BCUT2D eigenvalue weighted by atomic mass is 15.3. The van der Waals surface area contributed by atoms with Gasteiger partial charge in [-0.3, -0.25) is 14.8 Å². The third kappa shape index (κ3) is 4.54. The number of aromatic nitrogens is 1. The fourth-order valence-corrected chi connectivity index (χ4v) is 2.64. The minimum Gasteiger partial charge on any atom is -0.311 e. The summed E-state index contributed by atoms with van der Waals surface area (Å²) in [5, 5.41) is 3.33. The summed E-state index contributed by atoms with van der Waals surface area (Å²) in [6, 6.07) is 7.03. The average Bonchev–Trinajstić information content (AvgIpc) is 2.46. The second-order valence-corrected chi connectivity index (χ2v) is 5.81. The van der Waals surface area contributed by atoms with Gasteiger partial charge in [-0.05, 0) is 32.5 Å². The molecule has 0 saturated carbocycles. The van der Waals surface area contributed by atoms with Crippen LogP contribution < -0.4 is 5.32 Å². The van der Waals surface area contributed by atoms with E-state index in [9.17, 15) is 0 Å². The molecule has 0 aliphatic carbocycles. The zero-order valence-electron chi connectivity index (χ0n) is 13.1. The first-order valence-corrected chi connectivity index (χ1v) is 7.81. The molecule has 0 atom stereocenters. The molecule has 0 unspecified atom stereocenters. The third-order valence-corrected chi connectivity index (χ3v) is 3.94. The van der Waals surface area contributed by atoms with Crippen molar-refractivity contribution in [3.8, 4) is 0 Å². The molecule has 1 N–H and O–H groups in total. The van der Waals surface area contributed by atoms with Crippen molar-refractivity contribution in [2.24, 2.45) is 0 Å². The van der Waals surface area contributed by atoms with E-state index in [1.54, 1.807) is 0 Å². The molecule has 1 aliphatic heterocycles. The van der Waals surface area contributed by atoms with Crippen LogP contribution in [0.1, 0.15) is 32.2 Å². The van der Waals surface area contributed by atoms with E-state index >= 15 is 0 Å². The number of hydrogen-bond donors (Lipinski definition) is 1. The van der Waals surface area contributed by atoms with E-state index in [4.69, 9.17) is 4.98 Å². The standard InChI is InChI=1S/C16H28N4/c1-4-17-12-15-6-5-7-16(18-15)13-19-8-10-20(11-9-19)14(2)3/h5-7,14,17H,4,8-13H2,1-3H3. The number of nitrogens with zero attached hydrogens (tertiary/aromatic N) is 3. The molecule has 0 bridgehead atoms. The SMILES string of the molecule is CCNCc1cccc(CN2CCN(C(C)C)CC2)n1. The maximum atomic E-state index is 4.74. The summed E-state index contributed by atoms with van der Waals surface area (Å²) in [6.07, 6.45) is 0. The third-order valence-electron chi connectivity index (χ3n) is 3.94. The van der Waals surface area contributed by atoms with Crippen LogP contribution >= 0.6 is 0 Å². The fourth-order valence-electron chi connectivity index (χ4n) is 2.64. The Morgan fingerprint density at radius 1 is 1.15 bits per heavy atom. The molecule has 4 nitrogen and oxygen atoms in total. The molecule has 20 heavy (non-hydrogen) atoms. The highest BCUT2D eigenvalue weighted by Crippen LogP contribution is 2.09. The first kappa shape index (κ1) is 15.4. The van der Waals surface area contributed by atoms with Crippen LogP contribution in [-0.4, -0.2) is 53.5 Å². The monoisotopic (exact) mass is 276 g/mol. The van der Waals surface area contributed by atoms with Gasteiger partial charge in [-0.1, -0.05) is 13.0 Å². The van der Waals surface area contributed by atoms with Gasteiger partial charge in [0.25, 0.3) is 0 Å². The average molecular weight is 276 g/mol. The molecular formula is C16H28N4. The van der Waals surface area contributed by atoms with Crippen molar-refractivity contribution in [2.45, 2.75) is 39.9 Å². The van der Waals surface area contributed by atoms with Gasteiger partial charge in [0.2, 0.25) is 0 Å². The molecule has 0 spiro atoms. The van der Waals surface area contributed by atoms with Crippen LogP contribution in [0.3, 0.4) is 0 Å². The van der Waals surface area contributed by atoms with E-state index in [0.717, 1.165) is 38.4 Å². The lowest BCUT2D eigenvalue weighted by Crippen LogP contribution is -2.48. The van der Waals surface area contributed by atoms with Gasteiger partial charge in [-0.25, -0.2) is 0 Å². The molecule has 0 aromatic carbocycles. The van der Waals surface area contributed by atoms with E-state index in [1.807, 2.05) is 0 Å². The van der Waals surface area contributed by atoms with E-state index < -0.39 is 0 Å². The molecule has 1 fully saturated rings. The minimum absolute atomic E-state index is 0.665. The zero-order valence-corrected chi connectivity index (χ0v) is 13.1. The van der Waals surface area contributed by atoms with Crippen LogP contribution in [0.5, 0.6) is 0 Å². The van der Waals surface area contributed by atoms with Gasteiger partial charge in [0.1, 0.15) is 0 Å². The molecule has 0 amide bonds. The second-order valence-electron chi connectivity index (χ2n) is 5.81. The Balaban J connectivity index is 1.84. The summed E-state index contributed by atoms with van der Waals surface area (Å²) in [4.78, 5) is 9.80. The molecule has 1 saturated heterocycles. The summed E-state index contributed by atoms with van der Waals surface area (Å²) in [6.45, 7) is 14.2. The van der Waals surface area contributed by atoms with Gasteiger partial charge >= 0.3 is 0 Å². The van der Waals surface area contributed by atoms with Crippen LogP contribution in [0.25, 0.3) is 0 Å². The fraction of sp³-hybridized carbons (Fsp3) is 0.688. The van der Waals surface area contributed by atoms with Crippen molar-refractivity contribution in [3.05, 3.63) is 29.6 Å². The highest BCUT2D eigenvalue weighted by Gasteiger charge is 2.18. The minimum atomic E-state index is 0.665. The Kier molecular flexibility index (Phi) is 5.95. The van der Waals surface area contributed by atoms with Gasteiger partial charge in [0.15, 0.2) is 0 Å². The van der Waals surface area contributed by atoms with E-state index in [-0.39, 0.29) is 0 Å². The van der Waals surface area contributed by atoms with Gasteiger partial charge in [-0.15, -0.1) is 0 Å².